The zero-order valence-electron chi connectivity index (χ0n) is 16.6. The summed E-state index contributed by atoms with van der Waals surface area (Å²) < 4.78 is 5.95. The van der Waals surface area contributed by atoms with Gasteiger partial charge in [-0.3, -0.25) is 9.79 Å². The minimum absolute atomic E-state index is 0. The molecular weight excluding hydrogens is 475 g/mol. The molecule has 0 saturated heterocycles. The Labute approximate surface area is 183 Å². The molecule has 0 saturated carbocycles. The number of aliphatic imine (C=N–C) groups is 1. The molecule has 1 aliphatic heterocycles. The van der Waals surface area contributed by atoms with E-state index in [0.29, 0.717) is 19.6 Å². The van der Waals surface area contributed by atoms with Gasteiger partial charge >= 0.3 is 0 Å². The van der Waals surface area contributed by atoms with Crippen molar-refractivity contribution in [2.45, 2.75) is 38.4 Å². The third-order valence-electron chi connectivity index (χ3n) is 4.15. The molecular formula is C19H31IN4O2S. The standard InChI is InChI=1S/C19H30N4O2S.HI/c1-5-20-18(22-13-19(2,3)26-4)21-10-11-25-15-7-8-16-14(12-15)6-9-17(24)23-16;/h7-8,12H,5-6,9-11,13H2,1-4H3,(H,23,24)(H2,20,21,22);1H. The predicted octanol–water partition coefficient (Wildman–Crippen LogP) is 3.26. The van der Waals surface area contributed by atoms with Gasteiger partial charge in [-0.1, -0.05) is 0 Å². The maximum Gasteiger partial charge on any atom is 0.224 e. The number of carbonyl (C=O) groups excluding carboxylic acids is 1. The van der Waals surface area contributed by atoms with Crippen molar-refractivity contribution in [1.82, 2.24) is 10.6 Å². The van der Waals surface area contributed by atoms with Crippen LogP contribution in [0.15, 0.2) is 23.2 Å². The number of rotatable bonds is 8. The summed E-state index contributed by atoms with van der Waals surface area (Å²) in [5.41, 5.74) is 2.02. The van der Waals surface area contributed by atoms with Gasteiger partial charge in [0.1, 0.15) is 12.4 Å². The lowest BCUT2D eigenvalue weighted by Crippen LogP contribution is -2.40. The van der Waals surface area contributed by atoms with Crippen LogP contribution in [0.3, 0.4) is 0 Å². The third-order valence-corrected chi connectivity index (χ3v) is 5.38. The van der Waals surface area contributed by atoms with Crippen molar-refractivity contribution in [2.75, 3.05) is 37.8 Å². The Kier molecular flexibility index (Phi) is 10.3. The van der Waals surface area contributed by atoms with Crippen molar-refractivity contribution >= 4 is 53.3 Å². The number of ether oxygens (including phenoxy) is 1. The molecule has 3 N–H and O–H groups in total. The van der Waals surface area contributed by atoms with Crippen LogP contribution < -0.4 is 20.7 Å². The van der Waals surface area contributed by atoms with Crippen molar-refractivity contribution < 1.29 is 9.53 Å². The highest BCUT2D eigenvalue weighted by Gasteiger charge is 2.16. The first-order valence-corrected chi connectivity index (χ1v) is 10.3. The fourth-order valence-electron chi connectivity index (χ4n) is 2.46. The number of hydrogen-bond donors (Lipinski definition) is 3. The van der Waals surface area contributed by atoms with E-state index in [0.717, 1.165) is 42.5 Å². The highest BCUT2D eigenvalue weighted by Crippen LogP contribution is 2.26. The van der Waals surface area contributed by atoms with Gasteiger partial charge in [0.25, 0.3) is 0 Å². The summed E-state index contributed by atoms with van der Waals surface area (Å²) >= 11 is 1.81. The maximum atomic E-state index is 11.4. The summed E-state index contributed by atoms with van der Waals surface area (Å²) in [7, 11) is 0. The number of amides is 1. The van der Waals surface area contributed by atoms with Gasteiger partial charge in [0.15, 0.2) is 5.96 Å². The molecule has 1 amide bonds. The zero-order chi connectivity index (χ0) is 19.0. The van der Waals surface area contributed by atoms with Crippen molar-refractivity contribution in [3.63, 3.8) is 0 Å². The van der Waals surface area contributed by atoms with E-state index in [9.17, 15) is 4.79 Å². The number of anilines is 1. The molecule has 0 atom stereocenters. The normalized spacial score (nSPS) is 13.9. The van der Waals surface area contributed by atoms with E-state index in [-0.39, 0.29) is 34.6 Å². The van der Waals surface area contributed by atoms with Gasteiger partial charge in [-0.15, -0.1) is 24.0 Å². The van der Waals surface area contributed by atoms with Crippen LogP contribution in [-0.2, 0) is 11.2 Å². The Bertz CT molecular complexity index is 653. The average molecular weight is 506 g/mol. The SMILES string of the molecule is CCNC(=NCC(C)(C)SC)NCCOc1ccc2c(c1)CCC(=O)N2.I. The van der Waals surface area contributed by atoms with E-state index in [1.54, 1.807) is 0 Å². The van der Waals surface area contributed by atoms with E-state index in [4.69, 9.17) is 4.74 Å². The summed E-state index contributed by atoms with van der Waals surface area (Å²) in [4.78, 5) is 16.0. The van der Waals surface area contributed by atoms with Crippen LogP contribution in [0.2, 0.25) is 0 Å². The molecule has 27 heavy (non-hydrogen) atoms. The van der Waals surface area contributed by atoms with E-state index in [2.05, 4.69) is 48.0 Å². The molecule has 2 rings (SSSR count). The van der Waals surface area contributed by atoms with Crippen molar-refractivity contribution in [3.8, 4) is 5.75 Å². The molecule has 1 aromatic rings. The van der Waals surface area contributed by atoms with Gasteiger partial charge in [-0.25, -0.2) is 0 Å². The third kappa shape index (κ3) is 8.16. The number of halogens is 1. The molecule has 1 heterocycles. The number of guanidine groups is 1. The molecule has 0 bridgehead atoms. The molecule has 0 aliphatic carbocycles. The van der Waals surface area contributed by atoms with Gasteiger partial charge in [-0.2, -0.15) is 11.8 Å². The van der Waals surface area contributed by atoms with Crippen LogP contribution in [0.4, 0.5) is 5.69 Å². The predicted molar refractivity (Wildman–Crippen MR) is 126 cm³/mol. The topological polar surface area (TPSA) is 74.8 Å². The first kappa shape index (κ1) is 23.9. The molecule has 1 aliphatic rings. The number of aryl methyl sites for hydroxylation is 1. The quantitative estimate of drug-likeness (QED) is 0.219. The second kappa shape index (κ2) is 11.6. The number of hydrogen-bond acceptors (Lipinski definition) is 4. The fourth-order valence-corrected chi connectivity index (χ4v) is 2.66. The summed E-state index contributed by atoms with van der Waals surface area (Å²) in [5.74, 6) is 1.72. The van der Waals surface area contributed by atoms with E-state index < -0.39 is 0 Å². The van der Waals surface area contributed by atoms with Crippen LogP contribution in [0.25, 0.3) is 0 Å². The molecule has 0 spiro atoms. The Morgan fingerprint density at radius 1 is 1.33 bits per heavy atom. The highest BCUT2D eigenvalue weighted by molar-refractivity contribution is 14.0. The number of benzene rings is 1. The minimum atomic E-state index is 0. The monoisotopic (exact) mass is 506 g/mol. The smallest absolute Gasteiger partial charge is 0.224 e. The largest absolute Gasteiger partial charge is 0.492 e. The number of carbonyl (C=O) groups is 1. The lowest BCUT2D eigenvalue weighted by Gasteiger charge is -2.20. The maximum absolute atomic E-state index is 11.4. The second-order valence-corrected chi connectivity index (χ2v) is 8.31. The van der Waals surface area contributed by atoms with E-state index in [1.165, 1.54) is 0 Å². The van der Waals surface area contributed by atoms with Gasteiger partial charge in [-0.05, 0) is 57.2 Å². The van der Waals surface area contributed by atoms with Gasteiger partial charge < -0.3 is 20.7 Å². The number of nitrogens with zero attached hydrogens (tertiary/aromatic N) is 1. The molecule has 0 fully saturated rings. The minimum Gasteiger partial charge on any atom is -0.492 e. The molecule has 0 unspecified atom stereocenters. The summed E-state index contributed by atoms with van der Waals surface area (Å²) in [6, 6.07) is 5.81. The Hall–Kier alpha value is -1.16. The van der Waals surface area contributed by atoms with Gasteiger partial charge in [0.2, 0.25) is 5.91 Å². The van der Waals surface area contributed by atoms with Gasteiger partial charge in [0.05, 0.1) is 13.1 Å². The van der Waals surface area contributed by atoms with E-state index >= 15 is 0 Å². The van der Waals surface area contributed by atoms with Crippen LogP contribution in [0.1, 0.15) is 32.8 Å². The number of fused-ring (bicyclic) bond motifs is 1. The van der Waals surface area contributed by atoms with Crippen LogP contribution in [-0.4, -0.2) is 49.1 Å². The Balaban J connectivity index is 0.00000364. The molecule has 1 aromatic carbocycles. The van der Waals surface area contributed by atoms with Crippen LogP contribution in [0, 0.1) is 0 Å². The van der Waals surface area contributed by atoms with E-state index in [1.807, 2.05) is 30.0 Å². The second-order valence-electron chi connectivity index (χ2n) is 6.80. The van der Waals surface area contributed by atoms with Crippen LogP contribution in [0.5, 0.6) is 5.75 Å². The Morgan fingerprint density at radius 2 is 2.11 bits per heavy atom. The lowest BCUT2D eigenvalue weighted by molar-refractivity contribution is -0.116. The molecule has 6 nitrogen and oxygen atoms in total. The first-order valence-electron chi connectivity index (χ1n) is 9.06. The molecule has 0 radical (unpaired) electrons. The number of thioether (sulfide) groups is 1. The zero-order valence-corrected chi connectivity index (χ0v) is 19.7. The molecule has 8 heteroatoms. The van der Waals surface area contributed by atoms with Gasteiger partial charge in [0, 0.05) is 23.4 Å². The average Bonchev–Trinajstić information content (AvgIpc) is 2.63. The summed E-state index contributed by atoms with van der Waals surface area (Å²) in [6.45, 7) is 9.21. The Morgan fingerprint density at radius 3 is 2.81 bits per heavy atom. The molecule has 0 aromatic heterocycles. The van der Waals surface area contributed by atoms with Crippen molar-refractivity contribution in [3.05, 3.63) is 23.8 Å². The first-order chi connectivity index (χ1) is 12.4. The summed E-state index contributed by atoms with van der Waals surface area (Å²) in [6.07, 6.45) is 3.40. The number of nitrogens with one attached hydrogen (secondary N) is 3. The molecule has 152 valence electrons. The highest BCUT2D eigenvalue weighted by atomic mass is 127. The van der Waals surface area contributed by atoms with Crippen LogP contribution >= 0.6 is 35.7 Å². The fraction of sp³-hybridized carbons (Fsp3) is 0.579. The lowest BCUT2D eigenvalue weighted by atomic mass is 10.0. The van der Waals surface area contributed by atoms with Crippen molar-refractivity contribution in [2.24, 2.45) is 4.99 Å². The van der Waals surface area contributed by atoms with Crippen molar-refractivity contribution in [1.29, 1.82) is 0 Å². The summed E-state index contributed by atoms with van der Waals surface area (Å²) in [5, 5.41) is 9.44.